The van der Waals surface area contributed by atoms with Gasteiger partial charge in [-0.25, -0.2) is 19.4 Å². The van der Waals surface area contributed by atoms with Crippen molar-refractivity contribution < 1.29 is 38.5 Å². The van der Waals surface area contributed by atoms with Crippen LogP contribution < -0.4 is 21.6 Å². The third-order valence-corrected chi connectivity index (χ3v) is 13.9. The second-order valence-corrected chi connectivity index (χ2v) is 20.4. The van der Waals surface area contributed by atoms with E-state index in [2.05, 4.69) is 39.8 Å². The first-order valence-corrected chi connectivity index (χ1v) is 25.9. The average molecular weight is 1030 g/mol. The van der Waals surface area contributed by atoms with E-state index in [1.54, 1.807) is 54.4 Å². The van der Waals surface area contributed by atoms with Crippen molar-refractivity contribution in [3.8, 4) is 5.75 Å². The van der Waals surface area contributed by atoms with Crippen LogP contribution in [0.15, 0.2) is 142 Å². The molecule has 384 valence electrons. The molecule has 0 radical (unpaired) electrons. The molecule has 0 aliphatic carbocycles. The van der Waals surface area contributed by atoms with Gasteiger partial charge in [-0.05, 0) is 60.9 Å². The molecule has 0 bridgehead atoms. The summed E-state index contributed by atoms with van der Waals surface area (Å²) in [5, 5.41) is 34.6. The Labute approximate surface area is 433 Å². The van der Waals surface area contributed by atoms with Crippen LogP contribution in [0.25, 0.3) is 11.0 Å². The SMILES string of the molecule is CC(=O)CC(c1ccccc1)c1c(O)c2ccccc2oc1=O.CC(C)c1nc(CN(C)C(=O)N[C@H](C(=O)N[C@@H](Cc2ccccc2)C[C@H](O)[C@H](Cc2ccccc2)NC(=O)OCc2cncs2)C(C)C)cs1. The number of Topliss-reactive ketones (excluding diaryl/α,β-unsaturated/α-hetero) is 1. The fraction of sp³-hybridized carbons (Fsp3) is 0.339. The van der Waals surface area contributed by atoms with Crippen LogP contribution in [0.1, 0.15) is 97.1 Å². The molecule has 15 nitrogen and oxygen atoms in total. The highest BCUT2D eigenvalue weighted by molar-refractivity contribution is 7.09. The smallest absolute Gasteiger partial charge is 0.407 e. The summed E-state index contributed by atoms with van der Waals surface area (Å²) < 4.78 is 10.8. The zero-order valence-corrected chi connectivity index (χ0v) is 43.5. The highest BCUT2D eigenvalue weighted by atomic mass is 32.1. The van der Waals surface area contributed by atoms with E-state index in [1.165, 1.54) is 23.2 Å². The van der Waals surface area contributed by atoms with Crippen molar-refractivity contribution in [3.05, 3.63) is 181 Å². The standard InChI is InChI=1S/C37H48N6O5S2.C19H16O4/c1-24(2)33(42-36(46)43(5)20-29-22-49-35(40-29)25(3)4)34(45)39-28(16-26-12-8-6-9-13-26)18-32(44)31(17-27-14-10-7-11-15-27)41-37(47)48-21-30-19-38-23-50-30;1-12(20)11-15(13-7-3-2-4-8-13)17-18(21)14-9-5-6-10-16(14)23-19(17)22/h6-15,19,22-25,28,31-33,44H,16-18,20-21H2,1-5H3,(H,39,45)(H,41,47)(H,42,46);2-10,15,21H,11H2,1H3/t28-,31-,32-,33-;/m0./s1. The molecule has 0 fully saturated rings. The molecule has 0 saturated carbocycles. The van der Waals surface area contributed by atoms with Crippen LogP contribution in [0, 0.1) is 5.92 Å². The fourth-order valence-electron chi connectivity index (χ4n) is 8.20. The minimum atomic E-state index is -1.05. The maximum Gasteiger partial charge on any atom is 0.407 e. The Morgan fingerprint density at radius 2 is 1.44 bits per heavy atom. The van der Waals surface area contributed by atoms with E-state index >= 15 is 0 Å². The van der Waals surface area contributed by atoms with Crippen LogP contribution in [-0.2, 0) is 40.3 Å². The summed E-state index contributed by atoms with van der Waals surface area (Å²) in [5.74, 6) is -0.992. The monoisotopic (exact) mass is 1030 g/mol. The summed E-state index contributed by atoms with van der Waals surface area (Å²) in [6.07, 6.45) is 0.962. The highest BCUT2D eigenvalue weighted by Crippen LogP contribution is 2.36. The van der Waals surface area contributed by atoms with Crippen LogP contribution in [-0.4, -0.2) is 80.2 Å². The number of hydrogen-bond acceptors (Lipinski definition) is 13. The zero-order valence-electron chi connectivity index (χ0n) is 41.9. The van der Waals surface area contributed by atoms with Gasteiger partial charge in [0.1, 0.15) is 29.8 Å². The van der Waals surface area contributed by atoms with E-state index in [1.807, 2.05) is 110 Å². The third-order valence-electron chi connectivity index (χ3n) is 12.0. The summed E-state index contributed by atoms with van der Waals surface area (Å²) in [7, 11) is 1.68. The number of ether oxygens (including phenoxy) is 1. The Bertz CT molecular complexity index is 2910. The number of rotatable bonds is 21. The van der Waals surface area contributed by atoms with E-state index < -0.39 is 41.9 Å². The van der Waals surface area contributed by atoms with E-state index in [4.69, 9.17) is 9.15 Å². The Hall–Kier alpha value is -7.21. The molecule has 5 N–H and O–H groups in total. The molecule has 3 aromatic heterocycles. The van der Waals surface area contributed by atoms with Crippen molar-refractivity contribution in [3.63, 3.8) is 0 Å². The number of aromatic hydroxyl groups is 1. The molecule has 4 amide bonds. The zero-order chi connectivity index (χ0) is 52.4. The van der Waals surface area contributed by atoms with Crippen molar-refractivity contribution in [2.75, 3.05) is 7.05 Å². The van der Waals surface area contributed by atoms with Crippen molar-refractivity contribution in [1.29, 1.82) is 0 Å². The molecular weight excluding hydrogens is 965 g/mol. The topological polar surface area (TPSA) is 213 Å². The first kappa shape index (κ1) is 55.1. The van der Waals surface area contributed by atoms with Gasteiger partial charge in [0.05, 0.1) is 50.7 Å². The van der Waals surface area contributed by atoms with Crippen molar-refractivity contribution in [2.45, 2.75) is 110 Å². The van der Waals surface area contributed by atoms with Gasteiger partial charge in [0, 0.05) is 42.9 Å². The number of para-hydroxylation sites is 1. The average Bonchev–Trinajstić information content (AvgIpc) is 4.08. The van der Waals surface area contributed by atoms with Crippen molar-refractivity contribution in [2.24, 2.45) is 5.92 Å². The summed E-state index contributed by atoms with van der Waals surface area (Å²) >= 11 is 2.95. The summed E-state index contributed by atoms with van der Waals surface area (Å²) in [5.41, 5.74) is 4.99. The summed E-state index contributed by atoms with van der Waals surface area (Å²) in [4.78, 5) is 75.1. The van der Waals surface area contributed by atoms with Crippen LogP contribution in [0.5, 0.6) is 5.75 Å². The number of urea groups is 1. The fourth-order valence-corrected chi connectivity index (χ4v) is 9.53. The Balaban J connectivity index is 0.000000312. The lowest BCUT2D eigenvalue weighted by atomic mass is 9.87. The number of nitrogens with one attached hydrogen (secondary N) is 3. The number of aliphatic hydroxyl groups excluding tert-OH is 1. The number of hydrogen-bond donors (Lipinski definition) is 5. The third kappa shape index (κ3) is 16.4. The van der Waals surface area contributed by atoms with Gasteiger partial charge in [0.15, 0.2) is 0 Å². The van der Waals surface area contributed by atoms with E-state index in [0.29, 0.717) is 36.3 Å². The maximum absolute atomic E-state index is 13.9. The molecule has 0 saturated heterocycles. The number of amides is 4. The molecule has 0 spiro atoms. The lowest BCUT2D eigenvalue weighted by Gasteiger charge is -2.30. The minimum absolute atomic E-state index is 0.0641. The number of aromatic nitrogens is 2. The van der Waals surface area contributed by atoms with Gasteiger partial charge in [-0.3, -0.25) is 14.6 Å². The van der Waals surface area contributed by atoms with Crippen LogP contribution >= 0.6 is 22.7 Å². The van der Waals surface area contributed by atoms with Gasteiger partial charge in [-0.15, -0.1) is 22.7 Å². The van der Waals surface area contributed by atoms with Crippen molar-refractivity contribution in [1.82, 2.24) is 30.8 Å². The normalized spacial score (nSPS) is 13.2. The molecule has 4 aromatic carbocycles. The van der Waals surface area contributed by atoms with E-state index in [0.717, 1.165) is 32.3 Å². The van der Waals surface area contributed by atoms with Crippen LogP contribution in [0.2, 0.25) is 0 Å². The second kappa shape index (κ2) is 27.0. The van der Waals surface area contributed by atoms with Crippen molar-refractivity contribution >= 4 is 57.5 Å². The number of ketones is 1. The maximum atomic E-state index is 13.9. The van der Waals surface area contributed by atoms with Gasteiger partial charge in [0.25, 0.3) is 0 Å². The Morgan fingerprint density at radius 3 is 2.04 bits per heavy atom. The number of carbonyl (C=O) groups excluding carboxylic acids is 4. The molecule has 5 atom stereocenters. The number of benzene rings is 4. The van der Waals surface area contributed by atoms with Crippen LogP contribution in [0.4, 0.5) is 9.59 Å². The van der Waals surface area contributed by atoms with Gasteiger partial charge in [-0.2, -0.15) is 0 Å². The molecule has 17 heteroatoms. The van der Waals surface area contributed by atoms with Gasteiger partial charge in [-0.1, -0.05) is 131 Å². The highest BCUT2D eigenvalue weighted by Gasteiger charge is 2.31. The Kier molecular flexibility index (Phi) is 20.4. The number of aliphatic hydroxyl groups is 1. The molecule has 0 aliphatic heterocycles. The molecule has 7 aromatic rings. The predicted molar refractivity (Wildman–Crippen MR) is 285 cm³/mol. The number of carbonyl (C=O) groups is 4. The molecule has 7 rings (SSSR count). The van der Waals surface area contributed by atoms with E-state index in [9.17, 15) is 34.2 Å². The first-order chi connectivity index (χ1) is 35.1. The first-order valence-electron chi connectivity index (χ1n) is 24.2. The largest absolute Gasteiger partial charge is 0.507 e. The van der Waals surface area contributed by atoms with Gasteiger partial charge < -0.3 is 40.2 Å². The molecular formula is C56H64N6O9S2. The van der Waals surface area contributed by atoms with Gasteiger partial charge >= 0.3 is 17.7 Å². The molecule has 73 heavy (non-hydrogen) atoms. The van der Waals surface area contributed by atoms with Crippen LogP contribution in [0.3, 0.4) is 0 Å². The number of thiazole rings is 2. The predicted octanol–water partition coefficient (Wildman–Crippen LogP) is 9.51. The molecule has 3 heterocycles. The quantitative estimate of drug-likeness (QED) is 0.0428. The molecule has 0 aliphatic rings. The summed E-state index contributed by atoms with van der Waals surface area (Å²) in [6, 6.07) is 32.8. The lowest BCUT2D eigenvalue weighted by Crippen LogP contribution is -2.55. The number of nitrogens with zero attached hydrogens (tertiary/aromatic N) is 3. The lowest BCUT2D eigenvalue weighted by molar-refractivity contribution is -0.125. The van der Waals surface area contributed by atoms with E-state index in [-0.39, 0.29) is 54.4 Å². The molecule has 1 unspecified atom stereocenters. The minimum Gasteiger partial charge on any atom is -0.507 e. The van der Waals surface area contributed by atoms with Gasteiger partial charge in [0.2, 0.25) is 5.91 Å². The Morgan fingerprint density at radius 1 is 0.808 bits per heavy atom. The summed E-state index contributed by atoms with van der Waals surface area (Å²) in [6.45, 7) is 9.75. The second-order valence-electron chi connectivity index (χ2n) is 18.6. The number of fused-ring (bicyclic) bond motifs is 1. The number of alkyl carbamates (subject to hydrolysis) is 1.